The second-order valence-corrected chi connectivity index (χ2v) is 3.57. The van der Waals surface area contributed by atoms with E-state index >= 15 is 0 Å². The topological polar surface area (TPSA) is 89.8 Å². The van der Waals surface area contributed by atoms with Crippen molar-refractivity contribution < 1.29 is 20.1 Å². The first-order valence-electron chi connectivity index (χ1n) is 4.89. The quantitative estimate of drug-likeness (QED) is 0.545. The molecule has 4 N–H and O–H groups in total. The van der Waals surface area contributed by atoms with Gasteiger partial charge in [-0.2, -0.15) is 0 Å². The number of phenolic OH excluding ortho intramolecular Hbond substituents is 1. The molecule has 88 valence electrons. The first kappa shape index (κ1) is 12.5. The predicted molar refractivity (Wildman–Crippen MR) is 57.5 cm³/mol. The van der Waals surface area contributed by atoms with E-state index in [1.165, 1.54) is 19.1 Å². The van der Waals surface area contributed by atoms with Gasteiger partial charge in [-0.25, -0.2) is 0 Å². The van der Waals surface area contributed by atoms with Crippen LogP contribution in [-0.2, 0) is 10.5 Å². The van der Waals surface area contributed by atoms with Gasteiger partial charge in [-0.15, -0.1) is 0 Å². The number of nitrogens with one attached hydrogen (secondary N) is 1. The molecule has 1 unspecified atom stereocenters. The van der Waals surface area contributed by atoms with Gasteiger partial charge in [0.25, 0.3) is 0 Å². The maximum absolute atomic E-state index is 11.0. The monoisotopic (exact) mass is 225 g/mol. The van der Waals surface area contributed by atoms with Crippen LogP contribution in [0.25, 0.3) is 0 Å². The van der Waals surface area contributed by atoms with Crippen molar-refractivity contribution in [2.24, 2.45) is 0 Å². The van der Waals surface area contributed by atoms with Gasteiger partial charge in [-0.1, -0.05) is 12.1 Å². The Morgan fingerprint density at radius 3 is 2.69 bits per heavy atom. The largest absolute Gasteiger partial charge is 0.508 e. The standard InChI is InChI=1S/C11H15NO4/c1-8(14)12-11(16,5-6-13)9-3-2-4-10(15)7-9/h2-4,7,13,15-16H,5-6H2,1H3,(H,12,14). The van der Waals surface area contributed by atoms with Gasteiger partial charge in [0.2, 0.25) is 5.91 Å². The molecule has 0 heterocycles. The molecule has 1 amide bonds. The highest BCUT2D eigenvalue weighted by molar-refractivity contribution is 5.73. The molecule has 5 nitrogen and oxygen atoms in total. The number of aliphatic hydroxyl groups is 2. The summed E-state index contributed by atoms with van der Waals surface area (Å²) in [5, 5.41) is 30.7. The molecule has 0 radical (unpaired) electrons. The zero-order valence-corrected chi connectivity index (χ0v) is 8.97. The third-order valence-corrected chi connectivity index (χ3v) is 2.18. The van der Waals surface area contributed by atoms with Gasteiger partial charge in [-0.3, -0.25) is 4.79 Å². The zero-order chi connectivity index (χ0) is 12.2. The lowest BCUT2D eigenvalue weighted by Gasteiger charge is -2.28. The number of phenols is 1. The molecule has 0 saturated carbocycles. The van der Waals surface area contributed by atoms with E-state index in [2.05, 4.69) is 5.32 Å². The number of carbonyl (C=O) groups is 1. The SMILES string of the molecule is CC(=O)NC(O)(CCO)c1cccc(O)c1. The van der Waals surface area contributed by atoms with Crippen molar-refractivity contribution in [3.63, 3.8) is 0 Å². The average molecular weight is 225 g/mol. The van der Waals surface area contributed by atoms with Crippen LogP contribution in [0.5, 0.6) is 5.75 Å². The summed E-state index contributed by atoms with van der Waals surface area (Å²) in [5.41, 5.74) is -1.32. The predicted octanol–water partition coefficient (Wildman–Crippen LogP) is 0.0558. The molecule has 0 saturated heterocycles. The first-order chi connectivity index (χ1) is 7.48. The molecule has 0 aliphatic carbocycles. The van der Waals surface area contributed by atoms with E-state index in [0.717, 1.165) is 0 Å². The Morgan fingerprint density at radius 2 is 2.19 bits per heavy atom. The molecular formula is C11H15NO4. The molecule has 16 heavy (non-hydrogen) atoms. The van der Waals surface area contributed by atoms with Crippen molar-refractivity contribution in [3.8, 4) is 5.75 Å². The Hall–Kier alpha value is -1.59. The normalized spacial score (nSPS) is 14.2. The molecule has 1 aromatic rings. The van der Waals surface area contributed by atoms with E-state index < -0.39 is 11.6 Å². The van der Waals surface area contributed by atoms with Crippen LogP contribution in [0.15, 0.2) is 24.3 Å². The molecule has 0 spiro atoms. The van der Waals surface area contributed by atoms with E-state index in [4.69, 9.17) is 5.11 Å². The van der Waals surface area contributed by atoms with E-state index in [1.54, 1.807) is 12.1 Å². The lowest BCUT2D eigenvalue weighted by molar-refractivity contribution is -0.128. The molecule has 1 atom stereocenters. The number of amides is 1. The number of aliphatic hydroxyl groups excluding tert-OH is 1. The summed E-state index contributed by atoms with van der Waals surface area (Å²) in [6.45, 7) is 0.984. The van der Waals surface area contributed by atoms with Gasteiger partial charge in [0.05, 0.1) is 0 Å². The number of hydrogen-bond donors (Lipinski definition) is 4. The summed E-state index contributed by atoms with van der Waals surface area (Å²) in [6, 6.07) is 5.91. The van der Waals surface area contributed by atoms with Gasteiger partial charge < -0.3 is 20.6 Å². The van der Waals surface area contributed by atoms with Gasteiger partial charge in [0.1, 0.15) is 5.75 Å². The number of rotatable bonds is 4. The number of hydrogen-bond acceptors (Lipinski definition) is 4. The van der Waals surface area contributed by atoms with Crippen molar-refractivity contribution in [2.75, 3.05) is 6.61 Å². The molecular weight excluding hydrogens is 210 g/mol. The molecule has 0 bridgehead atoms. The second-order valence-electron chi connectivity index (χ2n) is 3.57. The van der Waals surface area contributed by atoms with Crippen molar-refractivity contribution in [1.29, 1.82) is 0 Å². The number of aromatic hydroxyl groups is 1. The Kier molecular flexibility index (Phi) is 3.87. The fourth-order valence-electron chi connectivity index (χ4n) is 1.50. The summed E-state index contributed by atoms with van der Waals surface area (Å²) < 4.78 is 0. The Bertz CT molecular complexity index is 380. The molecule has 0 fully saturated rings. The summed E-state index contributed by atoms with van der Waals surface area (Å²) >= 11 is 0. The summed E-state index contributed by atoms with van der Waals surface area (Å²) in [6.07, 6.45) is -0.0456. The maximum atomic E-state index is 11.0. The second kappa shape index (κ2) is 4.96. The Balaban J connectivity index is 3.05. The van der Waals surface area contributed by atoms with Gasteiger partial charge in [-0.05, 0) is 12.1 Å². The maximum Gasteiger partial charge on any atom is 0.219 e. The molecule has 5 heteroatoms. The summed E-state index contributed by atoms with van der Waals surface area (Å²) in [7, 11) is 0. The van der Waals surface area contributed by atoms with Crippen LogP contribution in [-0.4, -0.2) is 27.8 Å². The first-order valence-corrected chi connectivity index (χ1v) is 4.89. The van der Waals surface area contributed by atoms with E-state index in [1.807, 2.05) is 0 Å². The summed E-state index contributed by atoms with van der Waals surface area (Å²) in [5.74, 6) is -0.432. The molecule has 0 aromatic heterocycles. The molecule has 1 aromatic carbocycles. The fourth-order valence-corrected chi connectivity index (χ4v) is 1.50. The average Bonchev–Trinajstić information content (AvgIpc) is 2.16. The lowest BCUT2D eigenvalue weighted by Crippen LogP contribution is -2.45. The summed E-state index contributed by atoms with van der Waals surface area (Å²) in [4.78, 5) is 11.0. The smallest absolute Gasteiger partial charge is 0.219 e. The highest BCUT2D eigenvalue weighted by atomic mass is 16.3. The van der Waals surface area contributed by atoms with Crippen LogP contribution in [0.4, 0.5) is 0 Å². The zero-order valence-electron chi connectivity index (χ0n) is 8.97. The minimum Gasteiger partial charge on any atom is -0.508 e. The third kappa shape index (κ3) is 2.95. The van der Waals surface area contributed by atoms with Gasteiger partial charge in [0.15, 0.2) is 5.72 Å². The fraction of sp³-hybridized carbons (Fsp3) is 0.364. The minimum atomic E-state index is -1.65. The Labute approximate surface area is 93.4 Å². The number of carbonyl (C=O) groups excluding carboxylic acids is 1. The van der Waals surface area contributed by atoms with Crippen LogP contribution in [0.1, 0.15) is 18.9 Å². The van der Waals surface area contributed by atoms with E-state index in [0.29, 0.717) is 5.56 Å². The van der Waals surface area contributed by atoms with Crippen molar-refractivity contribution >= 4 is 5.91 Å². The van der Waals surface area contributed by atoms with Crippen LogP contribution in [0.2, 0.25) is 0 Å². The van der Waals surface area contributed by atoms with Gasteiger partial charge in [0, 0.05) is 25.5 Å². The molecule has 0 aliphatic rings. The number of benzene rings is 1. The van der Waals surface area contributed by atoms with Crippen LogP contribution >= 0.6 is 0 Å². The van der Waals surface area contributed by atoms with Crippen molar-refractivity contribution in [3.05, 3.63) is 29.8 Å². The van der Waals surface area contributed by atoms with Crippen LogP contribution < -0.4 is 5.32 Å². The lowest BCUT2D eigenvalue weighted by atomic mass is 9.99. The highest BCUT2D eigenvalue weighted by Gasteiger charge is 2.29. The van der Waals surface area contributed by atoms with Crippen molar-refractivity contribution in [2.45, 2.75) is 19.1 Å². The van der Waals surface area contributed by atoms with E-state index in [-0.39, 0.29) is 18.8 Å². The van der Waals surface area contributed by atoms with E-state index in [9.17, 15) is 15.0 Å². The molecule has 1 rings (SSSR count). The third-order valence-electron chi connectivity index (χ3n) is 2.18. The minimum absolute atomic E-state index is 0.0146. The Morgan fingerprint density at radius 1 is 1.50 bits per heavy atom. The van der Waals surface area contributed by atoms with Crippen LogP contribution in [0.3, 0.4) is 0 Å². The highest BCUT2D eigenvalue weighted by Crippen LogP contribution is 2.24. The van der Waals surface area contributed by atoms with Crippen LogP contribution in [0, 0.1) is 0 Å². The van der Waals surface area contributed by atoms with Gasteiger partial charge >= 0.3 is 0 Å². The van der Waals surface area contributed by atoms with Crippen molar-refractivity contribution in [1.82, 2.24) is 5.32 Å². The molecule has 0 aliphatic heterocycles.